The van der Waals surface area contributed by atoms with E-state index >= 15 is 4.39 Å². The quantitative estimate of drug-likeness (QED) is 0.146. The van der Waals surface area contributed by atoms with Crippen LogP contribution in [0.5, 0.6) is 17.2 Å². The van der Waals surface area contributed by atoms with E-state index in [0.29, 0.717) is 33.8 Å². The minimum absolute atomic E-state index is 0.0359. The number of nitrogens with one attached hydrogen (secondary N) is 1. The van der Waals surface area contributed by atoms with Crippen LogP contribution in [0.2, 0.25) is 0 Å². The topological polar surface area (TPSA) is 162 Å². The number of carbonyl (C=O) groups is 1. The molecule has 0 aliphatic heterocycles. The van der Waals surface area contributed by atoms with Crippen molar-refractivity contribution in [3.05, 3.63) is 137 Å². The number of pyridine rings is 1. The number of hydrogen-bond acceptors (Lipinski definition) is 8. The Labute approximate surface area is 293 Å². The van der Waals surface area contributed by atoms with Gasteiger partial charge in [-0.3, -0.25) is 23.8 Å². The maximum Gasteiger partial charge on any atom is 0.294 e. The zero-order valence-corrected chi connectivity index (χ0v) is 28.9. The largest absolute Gasteiger partial charge is 0.491 e. The Balaban J connectivity index is 0.000000435. The van der Waals surface area contributed by atoms with Crippen molar-refractivity contribution >= 4 is 32.6 Å². The molecule has 4 aromatic carbocycles. The second-order valence-electron chi connectivity index (χ2n) is 12.0. The molecule has 0 bridgehead atoms. The van der Waals surface area contributed by atoms with Crippen LogP contribution in [-0.4, -0.2) is 50.5 Å². The summed E-state index contributed by atoms with van der Waals surface area (Å²) in [7, 11) is -2.31. The van der Waals surface area contributed by atoms with Crippen molar-refractivity contribution < 1.29 is 36.7 Å². The van der Waals surface area contributed by atoms with E-state index in [-0.39, 0.29) is 28.5 Å². The van der Waals surface area contributed by atoms with Crippen LogP contribution in [-0.2, 0) is 17.2 Å². The highest BCUT2D eigenvalue weighted by Gasteiger charge is 2.23. The first-order valence-corrected chi connectivity index (χ1v) is 17.0. The molecule has 1 amide bonds. The third-order valence-corrected chi connectivity index (χ3v) is 8.37. The molecule has 51 heavy (non-hydrogen) atoms. The maximum absolute atomic E-state index is 15.1. The van der Waals surface area contributed by atoms with Gasteiger partial charge in [0.15, 0.2) is 11.6 Å². The lowest BCUT2D eigenvalue weighted by Gasteiger charge is -2.18. The molecule has 6 aromatic rings. The van der Waals surface area contributed by atoms with Crippen molar-refractivity contribution in [2.75, 3.05) is 11.9 Å². The fraction of sp³-hybridized carbons (Fsp3) is 0.162. The van der Waals surface area contributed by atoms with Gasteiger partial charge >= 0.3 is 0 Å². The molecule has 2 aromatic heterocycles. The number of anilines is 1. The molecule has 264 valence electrons. The summed E-state index contributed by atoms with van der Waals surface area (Å²) in [6.45, 7) is 5.08. The van der Waals surface area contributed by atoms with E-state index in [2.05, 4.69) is 10.3 Å². The van der Waals surface area contributed by atoms with Crippen molar-refractivity contribution in [3.8, 4) is 22.9 Å². The van der Waals surface area contributed by atoms with Crippen LogP contribution in [0, 0.1) is 12.7 Å². The van der Waals surface area contributed by atoms with Gasteiger partial charge in [-0.2, -0.15) is 8.42 Å². The highest BCUT2D eigenvalue weighted by molar-refractivity contribution is 7.85. The van der Waals surface area contributed by atoms with Crippen molar-refractivity contribution in [2.45, 2.75) is 31.3 Å². The Bertz CT molecular complexity index is 2350. The number of hydrogen-bond donors (Lipinski definition) is 3. The molecule has 0 saturated heterocycles. The number of rotatable bonds is 9. The molecule has 0 fully saturated rings. The first-order valence-electron chi connectivity index (χ1n) is 15.5. The number of ether oxygens (including phenoxy) is 2. The van der Waals surface area contributed by atoms with Gasteiger partial charge in [0.2, 0.25) is 0 Å². The second kappa shape index (κ2) is 15.0. The minimum atomic E-state index is -4.00. The normalized spacial score (nSPS) is 11.4. The molecule has 3 N–H and O–H groups in total. The molecule has 0 spiro atoms. The first kappa shape index (κ1) is 36.5. The van der Waals surface area contributed by atoms with Gasteiger partial charge < -0.3 is 19.9 Å². The van der Waals surface area contributed by atoms with Crippen LogP contribution in [0.25, 0.3) is 16.6 Å². The standard InChI is InChI=1S/C31H29FN4O5.C6H6O3S/c1-19-28(30(38)36(35(19)4)21-8-6-5-7-9-21)29(37)34-20-10-13-27(24(32)16-20)41-26-14-15-33-25-17-22(11-12-23(25)26)40-18-31(2,3)39;7-10(8,9)6-4-2-1-3-5-6/h5-17,39H,18H2,1-4H3,(H,34,37);1-5H,(H,7,8,9). The summed E-state index contributed by atoms with van der Waals surface area (Å²) in [5.74, 6) is -0.501. The fourth-order valence-electron chi connectivity index (χ4n) is 4.94. The highest BCUT2D eigenvalue weighted by Crippen LogP contribution is 2.33. The molecule has 14 heteroatoms. The SMILES string of the molecule is Cc1c(C(=O)Nc2ccc(Oc3ccnc4cc(OCC(C)(C)O)ccc34)c(F)c2)c(=O)n(-c2ccccc2)n1C.O=S(=O)(O)c1ccccc1. The lowest BCUT2D eigenvalue weighted by Crippen LogP contribution is -2.27. The van der Waals surface area contributed by atoms with Crippen molar-refractivity contribution in [2.24, 2.45) is 7.05 Å². The molecule has 0 aliphatic rings. The maximum atomic E-state index is 15.1. The van der Waals surface area contributed by atoms with E-state index in [1.165, 1.54) is 35.1 Å². The van der Waals surface area contributed by atoms with Crippen molar-refractivity contribution in [1.82, 2.24) is 14.3 Å². The number of nitrogens with zero attached hydrogens (tertiary/aromatic N) is 3. The number of benzene rings is 4. The van der Waals surface area contributed by atoms with Gasteiger partial charge in [0.05, 0.1) is 27.4 Å². The molecular formula is C37H35FN4O8S. The molecule has 0 atom stereocenters. The number of carbonyl (C=O) groups excluding carboxylic acids is 1. The summed E-state index contributed by atoms with van der Waals surface area (Å²) in [5.41, 5.74) is 0.323. The molecule has 6 rings (SSSR count). The Morgan fingerprint density at radius 3 is 2.22 bits per heavy atom. The van der Waals surface area contributed by atoms with Crippen molar-refractivity contribution in [3.63, 3.8) is 0 Å². The Morgan fingerprint density at radius 2 is 1.61 bits per heavy atom. The average Bonchev–Trinajstić information content (AvgIpc) is 3.32. The van der Waals surface area contributed by atoms with E-state index in [0.717, 1.165) is 6.07 Å². The Kier molecular flexibility index (Phi) is 10.7. The smallest absolute Gasteiger partial charge is 0.294 e. The van der Waals surface area contributed by atoms with Gasteiger partial charge in [-0.15, -0.1) is 0 Å². The van der Waals surface area contributed by atoms with Gasteiger partial charge in [0.1, 0.15) is 23.7 Å². The van der Waals surface area contributed by atoms with Gasteiger partial charge in [-0.05, 0) is 75.4 Å². The van der Waals surface area contributed by atoms with Crippen LogP contribution in [0.3, 0.4) is 0 Å². The number of fused-ring (bicyclic) bond motifs is 1. The zero-order chi connectivity index (χ0) is 36.9. The monoisotopic (exact) mass is 714 g/mol. The van der Waals surface area contributed by atoms with Crippen LogP contribution >= 0.6 is 0 Å². The molecule has 0 aliphatic carbocycles. The molecule has 0 saturated carbocycles. The number of aromatic nitrogens is 3. The van der Waals surface area contributed by atoms with Crippen LogP contribution in [0.4, 0.5) is 10.1 Å². The molecule has 12 nitrogen and oxygen atoms in total. The van der Waals surface area contributed by atoms with E-state index in [1.807, 2.05) is 6.07 Å². The minimum Gasteiger partial charge on any atom is -0.491 e. The average molecular weight is 715 g/mol. The van der Waals surface area contributed by atoms with Gasteiger partial charge in [-0.25, -0.2) is 9.07 Å². The third kappa shape index (κ3) is 8.86. The molecule has 2 heterocycles. The number of amides is 1. The van der Waals surface area contributed by atoms with Gasteiger partial charge in [0.25, 0.3) is 21.6 Å². The molecule has 0 unspecified atom stereocenters. The zero-order valence-electron chi connectivity index (χ0n) is 28.1. The summed E-state index contributed by atoms with van der Waals surface area (Å²) in [6, 6.07) is 27.2. The van der Waals surface area contributed by atoms with Crippen LogP contribution < -0.4 is 20.3 Å². The molecule has 0 radical (unpaired) electrons. The van der Waals surface area contributed by atoms with E-state index in [4.69, 9.17) is 14.0 Å². The summed E-state index contributed by atoms with van der Waals surface area (Å²) in [5, 5.41) is 13.1. The lowest BCUT2D eigenvalue weighted by atomic mass is 10.1. The Morgan fingerprint density at radius 1 is 0.941 bits per heavy atom. The van der Waals surface area contributed by atoms with Crippen LogP contribution in [0.1, 0.15) is 29.9 Å². The number of halogens is 1. The summed E-state index contributed by atoms with van der Waals surface area (Å²) in [6.07, 6.45) is 1.54. The van der Waals surface area contributed by atoms with Crippen LogP contribution in [0.15, 0.2) is 119 Å². The number of para-hydroxylation sites is 1. The Hall–Kier alpha value is -5.83. The number of aliphatic hydroxyl groups is 1. The van der Waals surface area contributed by atoms with Crippen molar-refractivity contribution in [1.29, 1.82) is 0 Å². The lowest BCUT2D eigenvalue weighted by molar-refractivity contribution is 0.0285. The van der Waals surface area contributed by atoms with E-state index in [1.54, 1.807) is 99.2 Å². The first-order chi connectivity index (χ1) is 24.1. The fourth-order valence-corrected chi connectivity index (χ4v) is 5.44. The van der Waals surface area contributed by atoms with Gasteiger partial charge in [-0.1, -0.05) is 36.4 Å². The predicted molar refractivity (Wildman–Crippen MR) is 190 cm³/mol. The highest BCUT2D eigenvalue weighted by atomic mass is 32.2. The van der Waals surface area contributed by atoms with E-state index < -0.39 is 33.0 Å². The summed E-state index contributed by atoms with van der Waals surface area (Å²) >= 11 is 0. The predicted octanol–water partition coefficient (Wildman–Crippen LogP) is 6.30. The third-order valence-electron chi connectivity index (χ3n) is 7.50. The molecular weight excluding hydrogens is 679 g/mol. The van der Waals surface area contributed by atoms with Gasteiger partial charge in [0, 0.05) is 36.5 Å². The second-order valence-corrected chi connectivity index (χ2v) is 13.4. The summed E-state index contributed by atoms with van der Waals surface area (Å²) < 4.78 is 58.8. The summed E-state index contributed by atoms with van der Waals surface area (Å²) in [4.78, 5) is 30.5. The van der Waals surface area contributed by atoms with E-state index in [9.17, 15) is 23.1 Å².